The van der Waals surface area contributed by atoms with Gasteiger partial charge in [-0.25, -0.2) is 8.42 Å². The first-order valence-corrected chi connectivity index (χ1v) is 10.3. The van der Waals surface area contributed by atoms with Gasteiger partial charge >= 0.3 is 5.97 Å². The number of carbonyl (C=O) groups excluding carboxylic acids is 2. The van der Waals surface area contributed by atoms with Crippen molar-refractivity contribution in [1.29, 1.82) is 0 Å². The van der Waals surface area contributed by atoms with Crippen LogP contribution < -0.4 is 4.72 Å². The average Bonchev–Trinajstić information content (AvgIpc) is 2.64. The van der Waals surface area contributed by atoms with Crippen LogP contribution in [0.2, 0.25) is 0 Å². The maximum Gasteiger partial charge on any atom is 0.321 e. The first-order valence-electron chi connectivity index (χ1n) is 8.85. The molecule has 7 heteroatoms. The van der Waals surface area contributed by atoms with Gasteiger partial charge < -0.3 is 4.74 Å². The van der Waals surface area contributed by atoms with Gasteiger partial charge in [0, 0.05) is 5.56 Å². The molecule has 2 aromatic carbocycles. The van der Waals surface area contributed by atoms with Crippen molar-refractivity contribution in [3.63, 3.8) is 0 Å². The number of rotatable bonds is 7. The number of benzene rings is 2. The van der Waals surface area contributed by atoms with Crippen LogP contribution in [0.15, 0.2) is 53.4 Å². The predicted molar refractivity (Wildman–Crippen MR) is 107 cm³/mol. The van der Waals surface area contributed by atoms with Crippen LogP contribution in [0.25, 0.3) is 0 Å². The van der Waals surface area contributed by atoms with Gasteiger partial charge in [0.25, 0.3) is 0 Å². The highest BCUT2D eigenvalue weighted by atomic mass is 32.2. The lowest BCUT2D eigenvalue weighted by atomic mass is 9.86. The SMILES string of the molecule is Cc1ccc(S(=O)(=O)NCC(=O)OCC(=O)c2ccc(C(C)(C)C)cc2)cc1. The second-order valence-electron chi connectivity index (χ2n) is 7.55. The van der Waals surface area contributed by atoms with E-state index >= 15 is 0 Å². The molecule has 6 nitrogen and oxygen atoms in total. The fourth-order valence-corrected chi connectivity index (χ4v) is 3.36. The number of carbonyl (C=O) groups is 2. The maximum atomic E-state index is 12.1. The van der Waals surface area contributed by atoms with Gasteiger partial charge in [0.15, 0.2) is 12.4 Å². The van der Waals surface area contributed by atoms with E-state index < -0.39 is 29.1 Å². The molecular formula is C21H25NO5S. The summed E-state index contributed by atoms with van der Waals surface area (Å²) in [5.41, 5.74) is 2.42. The van der Waals surface area contributed by atoms with E-state index in [-0.39, 0.29) is 16.1 Å². The van der Waals surface area contributed by atoms with Crippen LogP contribution in [0, 0.1) is 6.92 Å². The summed E-state index contributed by atoms with van der Waals surface area (Å²) < 4.78 is 31.3. The van der Waals surface area contributed by atoms with E-state index in [4.69, 9.17) is 4.74 Å². The molecule has 28 heavy (non-hydrogen) atoms. The third-order valence-corrected chi connectivity index (χ3v) is 5.59. The summed E-state index contributed by atoms with van der Waals surface area (Å²) in [7, 11) is -3.82. The quantitative estimate of drug-likeness (QED) is 0.567. The molecule has 1 N–H and O–H groups in total. The van der Waals surface area contributed by atoms with E-state index in [1.807, 2.05) is 19.1 Å². The standard InChI is InChI=1S/C21H25NO5S/c1-15-5-11-18(12-6-15)28(25,26)22-13-20(24)27-14-19(23)16-7-9-17(10-8-16)21(2,3)4/h5-12,22H,13-14H2,1-4H3. The number of sulfonamides is 1. The normalized spacial score (nSPS) is 11.9. The number of nitrogens with one attached hydrogen (secondary N) is 1. The molecule has 0 bridgehead atoms. The van der Waals surface area contributed by atoms with E-state index in [0.29, 0.717) is 5.56 Å². The fraction of sp³-hybridized carbons (Fsp3) is 0.333. The third kappa shape index (κ3) is 6.00. The van der Waals surface area contributed by atoms with Crippen LogP contribution in [0.4, 0.5) is 0 Å². The number of ether oxygens (including phenoxy) is 1. The van der Waals surface area contributed by atoms with Crippen LogP contribution in [0.3, 0.4) is 0 Å². The van der Waals surface area contributed by atoms with Crippen molar-refractivity contribution in [2.75, 3.05) is 13.2 Å². The maximum absolute atomic E-state index is 12.1. The minimum Gasteiger partial charge on any atom is -0.456 e. The largest absolute Gasteiger partial charge is 0.456 e. The smallest absolute Gasteiger partial charge is 0.321 e. The molecule has 0 saturated carbocycles. The second kappa shape index (κ2) is 8.67. The Hall–Kier alpha value is -2.51. The Morgan fingerprint density at radius 1 is 0.964 bits per heavy atom. The van der Waals surface area contributed by atoms with Crippen molar-refractivity contribution < 1.29 is 22.7 Å². The monoisotopic (exact) mass is 403 g/mol. The minimum absolute atomic E-state index is 0.0251. The van der Waals surface area contributed by atoms with Crippen molar-refractivity contribution in [3.8, 4) is 0 Å². The van der Waals surface area contributed by atoms with Crippen molar-refractivity contribution in [2.45, 2.75) is 38.0 Å². The number of esters is 1. The highest BCUT2D eigenvalue weighted by Crippen LogP contribution is 2.22. The van der Waals surface area contributed by atoms with E-state index in [9.17, 15) is 18.0 Å². The van der Waals surface area contributed by atoms with Crippen molar-refractivity contribution in [1.82, 2.24) is 4.72 Å². The van der Waals surface area contributed by atoms with E-state index in [1.165, 1.54) is 12.1 Å². The second-order valence-corrected chi connectivity index (χ2v) is 9.32. The Labute approximate surface area is 166 Å². The van der Waals surface area contributed by atoms with Gasteiger partial charge in [0.2, 0.25) is 10.0 Å². The lowest BCUT2D eigenvalue weighted by Crippen LogP contribution is -2.31. The Balaban J connectivity index is 1.86. The summed E-state index contributed by atoms with van der Waals surface area (Å²) in [6.45, 7) is 7.07. The molecule has 0 fully saturated rings. The Morgan fingerprint density at radius 3 is 2.07 bits per heavy atom. The molecule has 0 aliphatic heterocycles. The van der Waals surface area contributed by atoms with Gasteiger partial charge in [-0.15, -0.1) is 0 Å². The summed E-state index contributed by atoms with van der Waals surface area (Å²) >= 11 is 0. The molecule has 0 unspecified atom stereocenters. The molecule has 0 aliphatic carbocycles. The molecule has 0 heterocycles. The molecular weight excluding hydrogens is 378 g/mol. The third-order valence-electron chi connectivity index (χ3n) is 4.17. The molecule has 2 rings (SSSR count). The predicted octanol–water partition coefficient (Wildman–Crippen LogP) is 3.00. The number of Topliss-reactive ketones (excluding diaryl/α,β-unsaturated/α-hetero) is 1. The van der Waals surface area contributed by atoms with Crippen molar-refractivity contribution in [2.24, 2.45) is 0 Å². The van der Waals surface area contributed by atoms with E-state index in [2.05, 4.69) is 25.5 Å². The first-order chi connectivity index (χ1) is 13.0. The van der Waals surface area contributed by atoms with Crippen molar-refractivity contribution >= 4 is 21.8 Å². The van der Waals surface area contributed by atoms with Gasteiger partial charge in [-0.1, -0.05) is 62.7 Å². The fourth-order valence-electron chi connectivity index (χ4n) is 2.39. The molecule has 0 aromatic heterocycles. The summed E-state index contributed by atoms with van der Waals surface area (Å²) in [5, 5.41) is 0. The van der Waals surface area contributed by atoms with Crippen LogP contribution in [-0.4, -0.2) is 33.3 Å². The summed E-state index contributed by atoms with van der Waals surface area (Å²) in [4.78, 5) is 24.0. The van der Waals surface area contributed by atoms with Gasteiger partial charge in [-0.3, -0.25) is 9.59 Å². The van der Waals surface area contributed by atoms with Crippen LogP contribution in [-0.2, 0) is 25.0 Å². The van der Waals surface area contributed by atoms with Gasteiger partial charge in [-0.2, -0.15) is 4.72 Å². The number of aryl methyl sites for hydroxylation is 1. The molecule has 0 radical (unpaired) electrons. The zero-order chi connectivity index (χ0) is 20.9. The molecule has 2 aromatic rings. The Kier molecular flexibility index (Phi) is 6.74. The van der Waals surface area contributed by atoms with Gasteiger partial charge in [-0.05, 0) is 30.0 Å². The van der Waals surface area contributed by atoms with Gasteiger partial charge in [0.1, 0.15) is 6.54 Å². The zero-order valence-electron chi connectivity index (χ0n) is 16.5. The molecule has 0 atom stereocenters. The number of ketones is 1. The van der Waals surface area contributed by atoms with Crippen LogP contribution >= 0.6 is 0 Å². The Bertz CT molecular complexity index is 940. The molecule has 0 saturated heterocycles. The van der Waals surface area contributed by atoms with Gasteiger partial charge in [0.05, 0.1) is 4.90 Å². The molecule has 150 valence electrons. The summed E-state index contributed by atoms with van der Waals surface area (Å²) in [6.07, 6.45) is 0. The van der Waals surface area contributed by atoms with Crippen molar-refractivity contribution in [3.05, 3.63) is 65.2 Å². The average molecular weight is 404 g/mol. The molecule has 0 spiro atoms. The highest BCUT2D eigenvalue weighted by molar-refractivity contribution is 7.89. The molecule has 0 aliphatic rings. The number of hydrogen-bond donors (Lipinski definition) is 1. The van der Waals surface area contributed by atoms with Crippen LogP contribution in [0.1, 0.15) is 42.3 Å². The topological polar surface area (TPSA) is 89.5 Å². The lowest BCUT2D eigenvalue weighted by molar-refractivity contribution is -0.141. The van der Waals surface area contributed by atoms with Crippen LogP contribution in [0.5, 0.6) is 0 Å². The van der Waals surface area contributed by atoms with E-state index in [0.717, 1.165) is 11.1 Å². The highest BCUT2D eigenvalue weighted by Gasteiger charge is 2.18. The first kappa shape index (κ1) is 21.8. The summed E-state index contributed by atoms with van der Waals surface area (Å²) in [6, 6.07) is 13.3. The lowest BCUT2D eigenvalue weighted by Gasteiger charge is -2.18. The Morgan fingerprint density at radius 2 is 1.54 bits per heavy atom. The number of hydrogen-bond acceptors (Lipinski definition) is 5. The molecule has 0 amide bonds. The zero-order valence-corrected chi connectivity index (χ0v) is 17.3. The van der Waals surface area contributed by atoms with E-state index in [1.54, 1.807) is 24.3 Å². The summed E-state index contributed by atoms with van der Waals surface area (Å²) in [5.74, 6) is -1.18. The minimum atomic E-state index is -3.82.